The van der Waals surface area contributed by atoms with Crippen molar-refractivity contribution in [2.45, 2.75) is 20.4 Å². The summed E-state index contributed by atoms with van der Waals surface area (Å²) in [6.45, 7) is 8.74. The minimum absolute atomic E-state index is 0.0129. The number of benzene rings is 1. The van der Waals surface area contributed by atoms with Crippen LogP contribution in [0.4, 0.5) is 0 Å². The van der Waals surface area contributed by atoms with Gasteiger partial charge in [-0.05, 0) is 32.0 Å². The second-order valence-electron chi connectivity index (χ2n) is 6.76. The van der Waals surface area contributed by atoms with Crippen molar-refractivity contribution in [3.63, 3.8) is 0 Å². The monoisotopic (exact) mass is 315 g/mol. The molecule has 0 saturated carbocycles. The van der Waals surface area contributed by atoms with Crippen LogP contribution >= 0.6 is 0 Å². The molecule has 0 bridgehead atoms. The molecular formula is C18H25N3O2+2. The van der Waals surface area contributed by atoms with E-state index in [-0.39, 0.29) is 11.2 Å². The van der Waals surface area contributed by atoms with Gasteiger partial charge in [-0.1, -0.05) is 0 Å². The molecule has 0 unspecified atom stereocenters. The number of ketones is 1. The highest BCUT2D eigenvalue weighted by Gasteiger charge is 2.22. The van der Waals surface area contributed by atoms with Gasteiger partial charge in [0.05, 0.1) is 12.6 Å². The minimum Gasteiger partial charge on any atom is -0.358 e. The Kier molecular flexibility index (Phi) is 4.33. The summed E-state index contributed by atoms with van der Waals surface area (Å²) < 4.78 is 0. The number of fused-ring (bicyclic) bond motifs is 1. The highest BCUT2D eigenvalue weighted by molar-refractivity contribution is 5.97. The van der Waals surface area contributed by atoms with Crippen molar-refractivity contribution in [3.05, 3.63) is 45.2 Å². The number of Topliss-reactive ketones (excluding diaryl/α,β-unsaturated/α-hetero) is 1. The lowest BCUT2D eigenvalue weighted by molar-refractivity contribution is -1.01. The van der Waals surface area contributed by atoms with Crippen molar-refractivity contribution >= 4 is 16.7 Å². The third kappa shape index (κ3) is 3.21. The van der Waals surface area contributed by atoms with Crippen LogP contribution in [-0.2, 0) is 6.54 Å². The number of aromatic nitrogens is 1. The van der Waals surface area contributed by atoms with Crippen molar-refractivity contribution in [1.29, 1.82) is 0 Å². The van der Waals surface area contributed by atoms with Crippen LogP contribution in [0, 0.1) is 6.92 Å². The molecule has 5 heteroatoms. The fraction of sp³-hybridized carbons (Fsp3) is 0.444. The molecule has 1 aromatic heterocycles. The number of H-pyrrole nitrogens is 1. The van der Waals surface area contributed by atoms with Crippen LogP contribution in [0.2, 0.25) is 0 Å². The summed E-state index contributed by atoms with van der Waals surface area (Å²) in [5.74, 6) is -0.0129. The topological polar surface area (TPSA) is 58.8 Å². The molecule has 1 aliphatic heterocycles. The fourth-order valence-corrected chi connectivity index (χ4v) is 3.34. The lowest BCUT2D eigenvalue weighted by Gasteiger charge is -2.27. The molecule has 23 heavy (non-hydrogen) atoms. The van der Waals surface area contributed by atoms with Gasteiger partial charge < -0.3 is 14.8 Å². The summed E-state index contributed by atoms with van der Waals surface area (Å²) in [7, 11) is 2.22. The lowest BCUT2D eigenvalue weighted by atomic mass is 10.0. The van der Waals surface area contributed by atoms with E-state index >= 15 is 0 Å². The Balaban J connectivity index is 1.99. The molecule has 1 aromatic carbocycles. The molecule has 0 atom stereocenters. The second kappa shape index (κ2) is 6.26. The predicted molar refractivity (Wildman–Crippen MR) is 90.3 cm³/mol. The van der Waals surface area contributed by atoms with E-state index in [1.807, 2.05) is 13.0 Å². The Morgan fingerprint density at radius 2 is 1.91 bits per heavy atom. The lowest BCUT2D eigenvalue weighted by Crippen LogP contribution is -3.26. The van der Waals surface area contributed by atoms with E-state index in [4.69, 9.17) is 0 Å². The Bertz CT molecular complexity index is 802. The first-order valence-corrected chi connectivity index (χ1v) is 8.27. The number of pyridine rings is 1. The highest BCUT2D eigenvalue weighted by Crippen LogP contribution is 2.14. The highest BCUT2D eigenvalue weighted by atomic mass is 16.1. The molecule has 5 nitrogen and oxygen atoms in total. The zero-order chi connectivity index (χ0) is 16.6. The maximum Gasteiger partial charge on any atom is 0.198 e. The molecular weight excluding hydrogens is 290 g/mol. The molecule has 122 valence electrons. The minimum atomic E-state index is -0.0129. The van der Waals surface area contributed by atoms with Crippen molar-refractivity contribution < 1.29 is 14.6 Å². The average molecular weight is 315 g/mol. The molecule has 0 spiro atoms. The number of rotatable bonds is 3. The molecule has 2 heterocycles. The van der Waals surface area contributed by atoms with Gasteiger partial charge in [-0.3, -0.25) is 9.59 Å². The van der Waals surface area contributed by atoms with Gasteiger partial charge in [0.1, 0.15) is 32.7 Å². The zero-order valence-electron chi connectivity index (χ0n) is 14.1. The predicted octanol–water partition coefficient (Wildman–Crippen LogP) is -1.05. The van der Waals surface area contributed by atoms with Gasteiger partial charge in [0, 0.05) is 22.2 Å². The van der Waals surface area contributed by atoms with Crippen LogP contribution in [0.1, 0.15) is 28.5 Å². The van der Waals surface area contributed by atoms with Gasteiger partial charge in [0.15, 0.2) is 11.2 Å². The number of hydrogen-bond acceptors (Lipinski definition) is 2. The maximum absolute atomic E-state index is 12.9. The number of aromatic amines is 1. The summed E-state index contributed by atoms with van der Waals surface area (Å²) in [5.41, 5.74) is 3.26. The Labute approximate surface area is 135 Å². The number of likely N-dealkylation sites (N-methyl/N-ethyl adjacent to an activating group) is 1. The summed E-state index contributed by atoms with van der Waals surface area (Å²) in [4.78, 5) is 30.9. The molecule has 3 rings (SSSR count). The molecule has 1 aliphatic rings. The fourth-order valence-electron chi connectivity index (χ4n) is 3.34. The first-order valence-electron chi connectivity index (χ1n) is 8.27. The Hall–Kier alpha value is -1.98. The summed E-state index contributed by atoms with van der Waals surface area (Å²) in [6, 6.07) is 5.33. The molecule has 1 saturated heterocycles. The van der Waals surface area contributed by atoms with Gasteiger partial charge >= 0.3 is 0 Å². The SMILES string of the molecule is CC(=O)c1ccc2[nH]c(C)c(C[NH+]3CC[NH+](C)CC3)c(=O)c2c1. The number of nitrogens with one attached hydrogen (secondary N) is 3. The molecule has 2 aromatic rings. The van der Waals surface area contributed by atoms with Crippen LogP contribution in [-0.4, -0.2) is 44.0 Å². The first kappa shape index (κ1) is 15.9. The van der Waals surface area contributed by atoms with Crippen molar-refractivity contribution in [2.24, 2.45) is 0 Å². The normalized spacial score (nSPS) is 21.5. The molecule has 1 fully saturated rings. The quantitative estimate of drug-likeness (QED) is 0.633. The van der Waals surface area contributed by atoms with E-state index in [0.29, 0.717) is 10.9 Å². The third-order valence-electron chi connectivity index (χ3n) is 4.96. The number of carbonyl (C=O) groups is 1. The third-order valence-corrected chi connectivity index (χ3v) is 4.96. The summed E-state index contributed by atoms with van der Waals surface area (Å²) in [5, 5.41) is 0.623. The number of piperazine rings is 1. The van der Waals surface area contributed by atoms with Crippen molar-refractivity contribution in [2.75, 3.05) is 33.2 Å². The van der Waals surface area contributed by atoms with E-state index in [1.165, 1.54) is 11.8 Å². The van der Waals surface area contributed by atoms with Crippen molar-refractivity contribution in [3.8, 4) is 0 Å². The van der Waals surface area contributed by atoms with E-state index in [2.05, 4.69) is 12.0 Å². The number of quaternary nitrogens is 2. The maximum atomic E-state index is 12.9. The van der Waals surface area contributed by atoms with E-state index < -0.39 is 0 Å². The van der Waals surface area contributed by atoms with Crippen LogP contribution in [0.25, 0.3) is 10.9 Å². The first-order chi connectivity index (χ1) is 11.0. The second-order valence-corrected chi connectivity index (χ2v) is 6.76. The number of aryl methyl sites for hydroxylation is 1. The van der Waals surface area contributed by atoms with Gasteiger partial charge in [-0.15, -0.1) is 0 Å². The number of hydrogen-bond donors (Lipinski definition) is 3. The number of carbonyl (C=O) groups excluding carboxylic acids is 1. The van der Waals surface area contributed by atoms with Crippen LogP contribution < -0.4 is 15.2 Å². The van der Waals surface area contributed by atoms with Gasteiger partial charge in [-0.25, -0.2) is 0 Å². The zero-order valence-corrected chi connectivity index (χ0v) is 14.1. The largest absolute Gasteiger partial charge is 0.358 e. The van der Waals surface area contributed by atoms with Gasteiger partial charge in [0.2, 0.25) is 0 Å². The van der Waals surface area contributed by atoms with E-state index in [1.54, 1.807) is 17.0 Å². The molecule has 0 aliphatic carbocycles. The molecule has 0 amide bonds. The van der Waals surface area contributed by atoms with Crippen molar-refractivity contribution in [1.82, 2.24) is 4.98 Å². The Morgan fingerprint density at radius 1 is 1.22 bits per heavy atom. The molecule has 0 radical (unpaired) electrons. The van der Waals surface area contributed by atoms with E-state index in [9.17, 15) is 9.59 Å². The van der Waals surface area contributed by atoms with Crippen LogP contribution in [0.15, 0.2) is 23.0 Å². The van der Waals surface area contributed by atoms with Crippen LogP contribution in [0.3, 0.4) is 0 Å². The van der Waals surface area contributed by atoms with E-state index in [0.717, 1.165) is 49.5 Å². The van der Waals surface area contributed by atoms with Gasteiger partial charge in [0.25, 0.3) is 0 Å². The average Bonchev–Trinajstić information content (AvgIpc) is 2.53. The Morgan fingerprint density at radius 3 is 2.57 bits per heavy atom. The smallest absolute Gasteiger partial charge is 0.198 e. The molecule has 3 N–H and O–H groups in total. The summed E-state index contributed by atoms with van der Waals surface area (Å²) in [6.07, 6.45) is 0. The summed E-state index contributed by atoms with van der Waals surface area (Å²) >= 11 is 0. The standard InChI is InChI=1S/C18H23N3O2/c1-12-16(11-21-8-6-20(3)7-9-21)18(23)15-10-14(13(2)22)4-5-17(15)19-12/h4-5,10H,6-9,11H2,1-3H3,(H,19,23)/p+2. The van der Waals surface area contributed by atoms with Crippen LogP contribution in [0.5, 0.6) is 0 Å². The van der Waals surface area contributed by atoms with Gasteiger partial charge in [-0.2, -0.15) is 0 Å².